The second kappa shape index (κ2) is 8.78. The number of hydrogen-bond acceptors (Lipinski definition) is 5. The van der Waals surface area contributed by atoms with E-state index in [0.717, 1.165) is 49.5 Å². The molecule has 166 valence electrons. The van der Waals surface area contributed by atoms with Crippen molar-refractivity contribution in [3.05, 3.63) is 47.7 Å². The first-order chi connectivity index (χ1) is 14.9. The lowest BCUT2D eigenvalue weighted by Crippen LogP contribution is -2.33. The van der Waals surface area contributed by atoms with Crippen LogP contribution in [0.3, 0.4) is 0 Å². The van der Waals surface area contributed by atoms with E-state index in [-0.39, 0.29) is 18.2 Å². The van der Waals surface area contributed by atoms with E-state index in [0.29, 0.717) is 17.9 Å². The average Bonchev–Trinajstić information content (AvgIpc) is 3.10. The number of halogens is 4. The first kappa shape index (κ1) is 21.5. The van der Waals surface area contributed by atoms with Gasteiger partial charge >= 0.3 is 6.18 Å². The maximum Gasteiger partial charge on any atom is 0.418 e. The maximum atomic E-state index is 13.1. The van der Waals surface area contributed by atoms with Gasteiger partial charge < -0.3 is 9.30 Å². The molecule has 0 atom stereocenters. The van der Waals surface area contributed by atoms with Gasteiger partial charge in [0.2, 0.25) is 0 Å². The Balaban J connectivity index is 1.46. The van der Waals surface area contributed by atoms with Crippen LogP contribution in [0.2, 0.25) is 0 Å². The Bertz CT molecular complexity index is 1040. The van der Waals surface area contributed by atoms with Crippen LogP contribution in [-0.4, -0.2) is 51.3 Å². The van der Waals surface area contributed by atoms with E-state index in [1.165, 1.54) is 7.11 Å². The van der Waals surface area contributed by atoms with Gasteiger partial charge in [-0.15, -0.1) is 0 Å². The zero-order chi connectivity index (χ0) is 22.0. The molecule has 1 aliphatic heterocycles. The van der Waals surface area contributed by atoms with Crippen molar-refractivity contribution in [3.8, 4) is 5.75 Å². The van der Waals surface area contributed by atoms with Crippen molar-refractivity contribution in [1.29, 1.82) is 0 Å². The molecule has 0 aliphatic carbocycles. The number of nitrogens with zero attached hydrogens (tertiary/aromatic N) is 5. The molecular weight excluding hydrogens is 414 g/mol. The number of ether oxygens (including phenoxy) is 1. The second-order valence-corrected chi connectivity index (χ2v) is 7.57. The fraction of sp³-hybridized carbons (Fsp3) is 0.476. The first-order valence-electron chi connectivity index (χ1n) is 10.1. The summed E-state index contributed by atoms with van der Waals surface area (Å²) in [5.74, 6) is 0.943. The van der Waals surface area contributed by atoms with Crippen molar-refractivity contribution in [2.75, 3.05) is 26.9 Å². The molecule has 6 nitrogen and oxygen atoms in total. The minimum atomic E-state index is -4.46. The molecule has 4 heterocycles. The van der Waals surface area contributed by atoms with Gasteiger partial charge in [-0.05, 0) is 44.1 Å². The van der Waals surface area contributed by atoms with E-state index in [9.17, 15) is 17.6 Å². The highest BCUT2D eigenvalue weighted by Crippen LogP contribution is 2.37. The Morgan fingerprint density at radius 1 is 1.19 bits per heavy atom. The van der Waals surface area contributed by atoms with Crippen LogP contribution in [0.25, 0.3) is 11.2 Å². The third-order valence-corrected chi connectivity index (χ3v) is 5.68. The van der Waals surface area contributed by atoms with Crippen molar-refractivity contribution in [1.82, 2.24) is 24.4 Å². The van der Waals surface area contributed by atoms with E-state index < -0.39 is 18.4 Å². The van der Waals surface area contributed by atoms with Crippen LogP contribution < -0.4 is 4.74 Å². The second-order valence-electron chi connectivity index (χ2n) is 7.57. The van der Waals surface area contributed by atoms with E-state index in [4.69, 9.17) is 4.74 Å². The number of imidazole rings is 1. The van der Waals surface area contributed by atoms with E-state index in [2.05, 4.69) is 19.9 Å². The maximum absolute atomic E-state index is 13.1. The van der Waals surface area contributed by atoms with Crippen LogP contribution in [0.4, 0.5) is 17.6 Å². The Kier molecular flexibility index (Phi) is 6.08. The minimum absolute atomic E-state index is 0.0137. The van der Waals surface area contributed by atoms with Crippen molar-refractivity contribution >= 4 is 11.2 Å². The van der Waals surface area contributed by atoms with Gasteiger partial charge in [0.1, 0.15) is 18.2 Å². The number of rotatable bonds is 6. The topological polar surface area (TPSA) is 56.1 Å². The quantitative estimate of drug-likeness (QED) is 0.541. The minimum Gasteiger partial charge on any atom is -0.495 e. The van der Waals surface area contributed by atoms with Crippen molar-refractivity contribution in [3.63, 3.8) is 0 Å². The van der Waals surface area contributed by atoms with Crippen LogP contribution in [0, 0.1) is 0 Å². The summed E-state index contributed by atoms with van der Waals surface area (Å²) in [4.78, 5) is 15.1. The fourth-order valence-electron chi connectivity index (χ4n) is 4.11. The molecule has 0 saturated carbocycles. The third kappa shape index (κ3) is 4.48. The molecule has 0 radical (unpaired) electrons. The van der Waals surface area contributed by atoms with Gasteiger partial charge in [-0.1, -0.05) is 0 Å². The molecule has 10 heteroatoms. The molecular formula is C21H23F4N5O. The highest BCUT2D eigenvalue weighted by atomic mass is 19.4. The summed E-state index contributed by atoms with van der Waals surface area (Å²) in [5, 5.41) is 0. The van der Waals surface area contributed by atoms with E-state index in [1.807, 2.05) is 10.6 Å². The van der Waals surface area contributed by atoms with Crippen molar-refractivity contribution in [2.45, 2.75) is 38.0 Å². The summed E-state index contributed by atoms with van der Waals surface area (Å²) < 4.78 is 59.0. The number of fused-ring (bicyclic) bond motifs is 1. The zero-order valence-electron chi connectivity index (χ0n) is 17.1. The average molecular weight is 437 g/mol. The Morgan fingerprint density at radius 3 is 2.65 bits per heavy atom. The van der Waals surface area contributed by atoms with Crippen LogP contribution in [0.1, 0.15) is 35.8 Å². The molecule has 1 fully saturated rings. The molecule has 0 spiro atoms. The van der Waals surface area contributed by atoms with Crippen molar-refractivity contribution < 1.29 is 22.3 Å². The summed E-state index contributed by atoms with van der Waals surface area (Å²) in [6.45, 7) is 1.74. The van der Waals surface area contributed by atoms with Crippen LogP contribution >= 0.6 is 0 Å². The molecule has 0 unspecified atom stereocenters. The molecule has 0 aromatic carbocycles. The number of hydrogen-bond donors (Lipinski definition) is 0. The molecule has 31 heavy (non-hydrogen) atoms. The lowest BCUT2D eigenvalue weighted by Gasteiger charge is -2.32. The lowest BCUT2D eigenvalue weighted by molar-refractivity contribution is -0.138. The monoisotopic (exact) mass is 437 g/mol. The standard InChI is InChI=1S/C21H23F4N5O/c1-31-17-11-15(21(23,24)25)12-27-19(17)14-4-8-29(9-5-14)13-18-28-20-16(3-2-7-26-20)30(18)10-6-22/h2-3,7,11-12,14H,4-6,8-10,13H2,1H3. The van der Waals surface area contributed by atoms with Crippen LogP contribution in [0.15, 0.2) is 30.6 Å². The predicted octanol–water partition coefficient (Wildman–Crippen LogP) is 4.20. The molecule has 1 saturated heterocycles. The highest BCUT2D eigenvalue weighted by molar-refractivity contribution is 5.71. The Labute approximate surface area is 176 Å². The van der Waals surface area contributed by atoms with Gasteiger partial charge in [-0.2, -0.15) is 13.2 Å². The molecule has 4 rings (SSSR count). The van der Waals surface area contributed by atoms with Crippen molar-refractivity contribution in [2.24, 2.45) is 0 Å². The fourth-order valence-corrected chi connectivity index (χ4v) is 4.11. The first-order valence-corrected chi connectivity index (χ1v) is 10.1. The van der Waals surface area contributed by atoms with Crippen LogP contribution in [0.5, 0.6) is 5.75 Å². The number of alkyl halides is 4. The van der Waals surface area contributed by atoms with Gasteiger partial charge in [-0.3, -0.25) is 9.88 Å². The number of aryl methyl sites for hydroxylation is 1. The Hall–Kier alpha value is -2.75. The number of piperidine rings is 1. The third-order valence-electron chi connectivity index (χ3n) is 5.68. The number of likely N-dealkylation sites (tertiary alicyclic amines) is 1. The Morgan fingerprint density at radius 2 is 1.97 bits per heavy atom. The molecule has 0 N–H and O–H groups in total. The predicted molar refractivity (Wildman–Crippen MR) is 107 cm³/mol. The summed E-state index contributed by atoms with van der Waals surface area (Å²) in [7, 11) is 1.36. The van der Waals surface area contributed by atoms with E-state index >= 15 is 0 Å². The van der Waals surface area contributed by atoms with Gasteiger partial charge in [0.15, 0.2) is 5.65 Å². The van der Waals surface area contributed by atoms with Gasteiger partial charge in [0.05, 0.1) is 37.0 Å². The molecule has 3 aromatic heterocycles. The van der Waals surface area contributed by atoms with Crippen LogP contribution in [-0.2, 0) is 19.3 Å². The zero-order valence-corrected chi connectivity index (χ0v) is 17.1. The van der Waals surface area contributed by atoms with Gasteiger partial charge in [0, 0.05) is 18.3 Å². The molecule has 3 aromatic rings. The largest absolute Gasteiger partial charge is 0.495 e. The van der Waals surface area contributed by atoms with E-state index in [1.54, 1.807) is 12.3 Å². The highest BCUT2D eigenvalue weighted by Gasteiger charge is 2.33. The summed E-state index contributed by atoms with van der Waals surface area (Å²) in [6, 6.07) is 4.70. The SMILES string of the molecule is COc1cc(C(F)(F)F)cnc1C1CCN(Cc2nc3ncccc3n2CCF)CC1. The molecule has 0 amide bonds. The number of aromatic nitrogens is 4. The number of methoxy groups -OCH3 is 1. The molecule has 0 bridgehead atoms. The van der Waals surface area contributed by atoms with Gasteiger partial charge in [0.25, 0.3) is 0 Å². The summed E-state index contributed by atoms with van der Waals surface area (Å²) >= 11 is 0. The summed E-state index contributed by atoms with van der Waals surface area (Å²) in [5.41, 5.74) is 1.15. The lowest BCUT2D eigenvalue weighted by atomic mass is 9.92. The van der Waals surface area contributed by atoms with Gasteiger partial charge in [-0.25, -0.2) is 14.4 Å². The normalized spacial score (nSPS) is 16.2. The summed E-state index contributed by atoms with van der Waals surface area (Å²) in [6.07, 6.45) is -0.458. The smallest absolute Gasteiger partial charge is 0.418 e. The molecule has 1 aliphatic rings. The number of pyridine rings is 2.